The summed E-state index contributed by atoms with van der Waals surface area (Å²) in [6.07, 6.45) is 1.41. The summed E-state index contributed by atoms with van der Waals surface area (Å²) in [5.74, 6) is -0.533. The van der Waals surface area contributed by atoms with Crippen molar-refractivity contribution in [2.75, 3.05) is 0 Å². The second-order valence-corrected chi connectivity index (χ2v) is 8.79. The van der Waals surface area contributed by atoms with Crippen molar-refractivity contribution in [3.8, 4) is 0 Å². The lowest BCUT2D eigenvalue weighted by molar-refractivity contribution is 0.0945. The summed E-state index contributed by atoms with van der Waals surface area (Å²) in [6, 6.07) is 13.7. The molecule has 138 valence electrons. The minimum atomic E-state index is -3.82. The van der Waals surface area contributed by atoms with Crippen LogP contribution in [0.25, 0.3) is 6.08 Å². The molecule has 0 bridgehead atoms. The molecule has 0 spiro atoms. The van der Waals surface area contributed by atoms with Gasteiger partial charge in [-0.15, -0.1) is 4.83 Å². The van der Waals surface area contributed by atoms with Gasteiger partial charge in [0.05, 0.1) is 0 Å². The van der Waals surface area contributed by atoms with Gasteiger partial charge >= 0.3 is 0 Å². The molecule has 7 heteroatoms. The predicted molar refractivity (Wildman–Crippen MR) is 105 cm³/mol. The quantitative estimate of drug-likeness (QED) is 0.758. The summed E-state index contributed by atoms with van der Waals surface area (Å²) in [5, 5.41) is 1.53. The first-order valence-corrected chi connectivity index (χ1v) is 9.86. The second-order valence-electron chi connectivity index (χ2n) is 6.78. The van der Waals surface area contributed by atoms with Gasteiger partial charge in [-0.25, -0.2) is 8.42 Å². The van der Waals surface area contributed by atoms with E-state index in [2.05, 4.69) is 26.2 Å². The topological polar surface area (TPSA) is 75.3 Å². The van der Waals surface area contributed by atoms with Crippen molar-refractivity contribution in [3.05, 3.63) is 75.7 Å². The SMILES string of the molecule is CC(C)(C)c1ccc(C(=O)NNS(=O)(=O)/C=C/c2ccc(Cl)cc2)cc1. The van der Waals surface area contributed by atoms with Crippen molar-refractivity contribution in [2.24, 2.45) is 0 Å². The Morgan fingerprint density at radius 1 is 1.00 bits per heavy atom. The lowest BCUT2D eigenvalue weighted by Crippen LogP contribution is -2.40. The molecule has 0 aliphatic rings. The van der Waals surface area contributed by atoms with E-state index < -0.39 is 15.9 Å². The van der Waals surface area contributed by atoms with Crippen LogP contribution in [0.2, 0.25) is 5.02 Å². The minimum absolute atomic E-state index is 0.0247. The van der Waals surface area contributed by atoms with Crippen molar-refractivity contribution in [2.45, 2.75) is 26.2 Å². The molecule has 2 N–H and O–H groups in total. The molecule has 1 amide bonds. The van der Waals surface area contributed by atoms with Gasteiger partial charge in [0.25, 0.3) is 15.9 Å². The molecule has 0 saturated heterocycles. The van der Waals surface area contributed by atoms with Crippen LogP contribution >= 0.6 is 11.6 Å². The molecule has 0 heterocycles. The average Bonchev–Trinajstić information content (AvgIpc) is 2.59. The number of hydrazine groups is 1. The Labute approximate surface area is 159 Å². The van der Waals surface area contributed by atoms with Gasteiger partial charge in [0.2, 0.25) is 0 Å². The second kappa shape index (κ2) is 8.03. The van der Waals surface area contributed by atoms with Crippen LogP contribution in [0.4, 0.5) is 0 Å². The Bertz CT molecular complexity index is 897. The van der Waals surface area contributed by atoms with Crippen molar-refractivity contribution < 1.29 is 13.2 Å². The Balaban J connectivity index is 1.98. The zero-order valence-corrected chi connectivity index (χ0v) is 16.4. The van der Waals surface area contributed by atoms with Crippen molar-refractivity contribution in [1.29, 1.82) is 0 Å². The zero-order valence-electron chi connectivity index (χ0n) is 14.8. The van der Waals surface area contributed by atoms with Gasteiger partial charge in [-0.3, -0.25) is 10.2 Å². The van der Waals surface area contributed by atoms with Gasteiger partial charge in [-0.2, -0.15) is 0 Å². The number of halogens is 1. The van der Waals surface area contributed by atoms with Gasteiger partial charge < -0.3 is 0 Å². The molecule has 5 nitrogen and oxygen atoms in total. The monoisotopic (exact) mass is 392 g/mol. The molecular weight excluding hydrogens is 372 g/mol. The Kier molecular flexibility index (Phi) is 6.23. The molecule has 0 radical (unpaired) electrons. The largest absolute Gasteiger partial charge is 0.274 e. The third-order valence-electron chi connectivity index (χ3n) is 3.63. The fourth-order valence-corrected chi connectivity index (χ4v) is 2.85. The van der Waals surface area contributed by atoms with E-state index in [1.807, 2.05) is 17.0 Å². The Hall–Kier alpha value is -2.15. The summed E-state index contributed by atoms with van der Waals surface area (Å²) in [6.45, 7) is 6.22. The van der Waals surface area contributed by atoms with E-state index in [4.69, 9.17) is 11.6 Å². The van der Waals surface area contributed by atoms with Gasteiger partial charge in [0.15, 0.2) is 0 Å². The summed E-state index contributed by atoms with van der Waals surface area (Å²) >= 11 is 5.78. The first-order chi connectivity index (χ1) is 12.1. The standard InChI is InChI=1S/C19H21ClN2O3S/c1-19(2,3)16-8-6-15(7-9-16)18(23)21-22-26(24,25)13-12-14-4-10-17(20)11-5-14/h4-13,22H,1-3H3,(H,21,23)/b13-12+. The molecule has 0 atom stereocenters. The van der Waals surface area contributed by atoms with Crippen LogP contribution in [0, 0.1) is 0 Å². The summed E-state index contributed by atoms with van der Waals surface area (Å²) in [5.41, 5.74) is 4.29. The highest BCUT2D eigenvalue weighted by atomic mass is 35.5. The molecule has 2 aromatic rings. The van der Waals surface area contributed by atoms with Crippen LogP contribution in [0.1, 0.15) is 42.3 Å². The van der Waals surface area contributed by atoms with Crippen LogP contribution < -0.4 is 10.3 Å². The maximum Gasteiger partial charge on any atom is 0.266 e. The zero-order chi connectivity index (χ0) is 19.4. The maximum atomic E-state index is 12.1. The molecule has 0 fully saturated rings. The average molecular weight is 393 g/mol. The van der Waals surface area contributed by atoms with Gasteiger partial charge in [-0.05, 0) is 46.9 Å². The number of sulfonamides is 1. The van der Waals surface area contributed by atoms with E-state index in [9.17, 15) is 13.2 Å². The molecule has 0 unspecified atom stereocenters. The number of rotatable bonds is 5. The molecule has 0 aliphatic heterocycles. The van der Waals surface area contributed by atoms with E-state index in [1.54, 1.807) is 36.4 Å². The van der Waals surface area contributed by atoms with Crippen LogP contribution in [0.3, 0.4) is 0 Å². The van der Waals surface area contributed by atoms with Crippen molar-refractivity contribution >= 4 is 33.6 Å². The fourth-order valence-electron chi connectivity index (χ4n) is 2.09. The number of hydrogen-bond donors (Lipinski definition) is 2. The van der Waals surface area contributed by atoms with Crippen LogP contribution in [-0.4, -0.2) is 14.3 Å². The van der Waals surface area contributed by atoms with E-state index >= 15 is 0 Å². The lowest BCUT2D eigenvalue weighted by atomic mass is 9.87. The number of carbonyl (C=O) groups excluding carboxylic acids is 1. The van der Waals surface area contributed by atoms with Crippen LogP contribution in [-0.2, 0) is 15.4 Å². The van der Waals surface area contributed by atoms with Crippen molar-refractivity contribution in [1.82, 2.24) is 10.3 Å². The first-order valence-electron chi connectivity index (χ1n) is 7.93. The number of nitrogens with one attached hydrogen (secondary N) is 2. The molecule has 2 rings (SSSR count). The number of hydrogen-bond acceptors (Lipinski definition) is 3. The van der Waals surface area contributed by atoms with Gasteiger partial charge in [0, 0.05) is 16.0 Å². The molecule has 0 saturated carbocycles. The van der Waals surface area contributed by atoms with E-state index in [-0.39, 0.29) is 5.41 Å². The predicted octanol–water partition coefficient (Wildman–Crippen LogP) is 3.87. The highest BCUT2D eigenvalue weighted by molar-refractivity contribution is 7.92. The smallest absolute Gasteiger partial charge is 0.266 e. The third kappa shape index (κ3) is 5.98. The minimum Gasteiger partial charge on any atom is -0.274 e. The fraction of sp³-hybridized carbons (Fsp3) is 0.211. The Morgan fingerprint density at radius 3 is 2.12 bits per heavy atom. The molecule has 26 heavy (non-hydrogen) atoms. The van der Waals surface area contributed by atoms with Crippen LogP contribution in [0.5, 0.6) is 0 Å². The van der Waals surface area contributed by atoms with Crippen molar-refractivity contribution in [3.63, 3.8) is 0 Å². The molecule has 2 aromatic carbocycles. The van der Waals surface area contributed by atoms with E-state index in [0.717, 1.165) is 11.0 Å². The van der Waals surface area contributed by atoms with Gasteiger partial charge in [0.1, 0.15) is 0 Å². The highest BCUT2D eigenvalue weighted by Crippen LogP contribution is 2.22. The Morgan fingerprint density at radius 2 is 1.58 bits per heavy atom. The number of carbonyl (C=O) groups is 1. The summed E-state index contributed by atoms with van der Waals surface area (Å²) in [4.78, 5) is 14.1. The maximum absolute atomic E-state index is 12.1. The molecular formula is C19H21ClN2O3S. The first kappa shape index (κ1) is 20.2. The number of amides is 1. The lowest BCUT2D eigenvalue weighted by Gasteiger charge is -2.19. The van der Waals surface area contributed by atoms with E-state index in [0.29, 0.717) is 16.1 Å². The van der Waals surface area contributed by atoms with E-state index in [1.165, 1.54) is 6.08 Å². The third-order valence-corrected chi connectivity index (χ3v) is 4.76. The molecule has 0 aliphatic carbocycles. The highest BCUT2D eigenvalue weighted by Gasteiger charge is 2.15. The summed E-state index contributed by atoms with van der Waals surface area (Å²) in [7, 11) is -3.82. The molecule has 0 aromatic heterocycles. The van der Waals surface area contributed by atoms with Crippen LogP contribution in [0.15, 0.2) is 53.9 Å². The van der Waals surface area contributed by atoms with Gasteiger partial charge in [-0.1, -0.05) is 56.6 Å². The normalized spacial score (nSPS) is 12.3. The summed E-state index contributed by atoms with van der Waals surface area (Å²) < 4.78 is 23.9. The number of benzene rings is 2.